The summed E-state index contributed by atoms with van der Waals surface area (Å²) in [4.78, 5) is 30.0. The van der Waals surface area contributed by atoms with Gasteiger partial charge in [-0.3, -0.25) is 13.9 Å². The standard InChI is InChI=1S/C37H41Cl2N3O7S/c1-6-25(2)40-37(44)32(20-26-11-8-7-9-12-26)41(23-27-13-10-14-28(38)19-27)36(43)24-42(31-21-29(39)15-17-33(31)47-3)50(45,46)30-16-18-34(48-4)35(22-30)49-5/h7-19,21-22,25,32H,6,20,23-24H2,1-5H3,(H,40,44)/t25-,32-/m1/s1. The average molecular weight is 743 g/mol. The molecule has 4 rings (SSSR count). The molecule has 0 aromatic heterocycles. The van der Waals surface area contributed by atoms with Crippen LogP contribution >= 0.6 is 23.2 Å². The van der Waals surface area contributed by atoms with Crippen molar-refractivity contribution in [3.05, 3.63) is 112 Å². The third kappa shape index (κ3) is 9.41. The number of hydrogen-bond donors (Lipinski definition) is 1. The zero-order chi connectivity index (χ0) is 36.4. The van der Waals surface area contributed by atoms with Crippen LogP contribution in [0.15, 0.2) is 95.9 Å². The second kappa shape index (κ2) is 17.5. The first-order valence-corrected chi connectivity index (χ1v) is 18.1. The fourth-order valence-electron chi connectivity index (χ4n) is 5.30. The molecule has 50 heavy (non-hydrogen) atoms. The van der Waals surface area contributed by atoms with E-state index in [1.165, 1.54) is 56.6 Å². The third-order valence-corrected chi connectivity index (χ3v) is 10.4. The number of nitrogens with zero attached hydrogens (tertiary/aromatic N) is 2. The lowest BCUT2D eigenvalue weighted by atomic mass is 10.0. The Hall–Kier alpha value is -4.45. The Kier molecular flexibility index (Phi) is 13.4. The van der Waals surface area contributed by atoms with Crippen molar-refractivity contribution in [1.29, 1.82) is 0 Å². The van der Waals surface area contributed by atoms with Crippen molar-refractivity contribution in [2.75, 3.05) is 32.2 Å². The summed E-state index contributed by atoms with van der Waals surface area (Å²) in [6, 6.07) is 23.6. The zero-order valence-electron chi connectivity index (χ0n) is 28.6. The summed E-state index contributed by atoms with van der Waals surface area (Å²) in [6.45, 7) is 3.07. The molecule has 0 aliphatic heterocycles. The van der Waals surface area contributed by atoms with Gasteiger partial charge in [0, 0.05) is 35.1 Å². The van der Waals surface area contributed by atoms with Gasteiger partial charge in [-0.2, -0.15) is 0 Å². The smallest absolute Gasteiger partial charge is 0.265 e. The van der Waals surface area contributed by atoms with E-state index in [0.717, 1.165) is 9.87 Å². The number of benzene rings is 4. The SMILES string of the molecule is CC[C@@H](C)NC(=O)[C@@H](Cc1ccccc1)N(Cc1cccc(Cl)c1)C(=O)CN(c1cc(Cl)ccc1OC)S(=O)(=O)c1ccc(OC)c(OC)c1. The van der Waals surface area contributed by atoms with E-state index in [-0.39, 0.29) is 52.0 Å². The number of rotatable bonds is 16. The van der Waals surface area contributed by atoms with Crippen LogP contribution in [0.1, 0.15) is 31.4 Å². The number of sulfonamides is 1. The van der Waals surface area contributed by atoms with Crippen LogP contribution in [0, 0.1) is 0 Å². The molecule has 2 atom stereocenters. The van der Waals surface area contributed by atoms with Gasteiger partial charge in [0.2, 0.25) is 11.8 Å². The van der Waals surface area contributed by atoms with Crippen molar-refractivity contribution in [3.63, 3.8) is 0 Å². The van der Waals surface area contributed by atoms with Gasteiger partial charge < -0.3 is 24.4 Å². The van der Waals surface area contributed by atoms with E-state index in [1.807, 2.05) is 44.2 Å². The monoisotopic (exact) mass is 741 g/mol. The van der Waals surface area contributed by atoms with Gasteiger partial charge in [0.25, 0.3) is 10.0 Å². The number of carbonyl (C=O) groups excluding carboxylic acids is 2. The van der Waals surface area contributed by atoms with Crippen LogP contribution in [0.4, 0.5) is 5.69 Å². The summed E-state index contributed by atoms with van der Waals surface area (Å²) in [7, 11) is -0.296. The van der Waals surface area contributed by atoms with Gasteiger partial charge in [-0.15, -0.1) is 0 Å². The number of ether oxygens (including phenoxy) is 3. The largest absolute Gasteiger partial charge is 0.495 e. The van der Waals surface area contributed by atoms with Gasteiger partial charge in [-0.25, -0.2) is 8.42 Å². The van der Waals surface area contributed by atoms with Crippen molar-refractivity contribution in [1.82, 2.24) is 10.2 Å². The highest BCUT2D eigenvalue weighted by Crippen LogP contribution is 2.37. The third-order valence-electron chi connectivity index (χ3n) is 8.15. The lowest BCUT2D eigenvalue weighted by molar-refractivity contribution is -0.140. The Morgan fingerprint density at radius 1 is 0.780 bits per heavy atom. The summed E-state index contributed by atoms with van der Waals surface area (Å²) >= 11 is 12.7. The van der Waals surface area contributed by atoms with Gasteiger partial charge >= 0.3 is 0 Å². The Morgan fingerprint density at radius 2 is 1.42 bits per heavy atom. The quantitative estimate of drug-likeness (QED) is 0.135. The van der Waals surface area contributed by atoms with Crippen LogP contribution in [-0.2, 0) is 32.6 Å². The number of hydrogen-bond acceptors (Lipinski definition) is 7. The van der Waals surface area contributed by atoms with E-state index < -0.39 is 28.5 Å². The van der Waals surface area contributed by atoms with Crippen LogP contribution in [0.3, 0.4) is 0 Å². The molecule has 0 saturated carbocycles. The van der Waals surface area contributed by atoms with Gasteiger partial charge in [-0.05, 0) is 66.9 Å². The molecule has 0 saturated heterocycles. The minimum absolute atomic E-state index is 0.0227. The molecule has 4 aromatic rings. The fourth-order valence-corrected chi connectivity index (χ4v) is 7.11. The minimum atomic E-state index is -4.51. The van der Waals surface area contributed by atoms with Crippen LogP contribution in [0.2, 0.25) is 10.0 Å². The summed E-state index contributed by atoms with van der Waals surface area (Å²) < 4.78 is 46.4. The lowest BCUT2D eigenvalue weighted by Gasteiger charge is -2.34. The molecule has 13 heteroatoms. The maximum Gasteiger partial charge on any atom is 0.265 e. The van der Waals surface area contributed by atoms with E-state index >= 15 is 0 Å². The molecule has 0 bridgehead atoms. The molecule has 1 N–H and O–H groups in total. The molecule has 0 aliphatic carbocycles. The Labute approximate surface area is 303 Å². The first kappa shape index (κ1) is 38.4. The molecule has 4 aromatic carbocycles. The van der Waals surface area contributed by atoms with Crippen LogP contribution in [-0.4, -0.2) is 65.1 Å². The van der Waals surface area contributed by atoms with Crippen molar-refractivity contribution >= 4 is 50.7 Å². The van der Waals surface area contributed by atoms with E-state index in [9.17, 15) is 18.0 Å². The highest BCUT2D eigenvalue weighted by atomic mass is 35.5. The number of methoxy groups -OCH3 is 3. The van der Waals surface area contributed by atoms with Crippen LogP contribution in [0.25, 0.3) is 0 Å². The molecule has 0 radical (unpaired) electrons. The second-order valence-corrected chi connectivity index (χ2v) is 14.3. The Morgan fingerprint density at radius 3 is 2.06 bits per heavy atom. The van der Waals surface area contributed by atoms with E-state index in [4.69, 9.17) is 37.4 Å². The van der Waals surface area contributed by atoms with E-state index in [0.29, 0.717) is 22.8 Å². The summed E-state index contributed by atoms with van der Waals surface area (Å²) in [5.41, 5.74) is 1.48. The van der Waals surface area contributed by atoms with Gasteiger partial charge in [0.15, 0.2) is 11.5 Å². The van der Waals surface area contributed by atoms with Crippen molar-refractivity contribution < 1.29 is 32.2 Å². The second-order valence-electron chi connectivity index (χ2n) is 11.5. The van der Waals surface area contributed by atoms with Gasteiger partial charge in [0.05, 0.1) is 31.9 Å². The molecular weight excluding hydrogens is 701 g/mol. The molecular formula is C37H41Cl2N3O7S. The minimum Gasteiger partial charge on any atom is -0.495 e. The van der Waals surface area contributed by atoms with Gasteiger partial charge in [-0.1, -0.05) is 72.6 Å². The van der Waals surface area contributed by atoms with Crippen molar-refractivity contribution in [3.8, 4) is 17.2 Å². The maximum atomic E-state index is 14.8. The molecule has 10 nitrogen and oxygen atoms in total. The highest BCUT2D eigenvalue weighted by Gasteiger charge is 2.36. The number of halogens is 2. The predicted molar refractivity (Wildman–Crippen MR) is 196 cm³/mol. The predicted octanol–water partition coefficient (Wildman–Crippen LogP) is 6.77. The summed E-state index contributed by atoms with van der Waals surface area (Å²) in [5, 5.41) is 3.68. The van der Waals surface area contributed by atoms with E-state index in [1.54, 1.807) is 30.3 Å². The molecule has 266 valence electrons. The summed E-state index contributed by atoms with van der Waals surface area (Å²) in [6.07, 6.45) is 0.830. The van der Waals surface area contributed by atoms with E-state index in [2.05, 4.69) is 5.32 Å². The first-order chi connectivity index (χ1) is 23.9. The van der Waals surface area contributed by atoms with Gasteiger partial charge in [0.1, 0.15) is 18.3 Å². The molecule has 0 heterocycles. The molecule has 0 unspecified atom stereocenters. The van der Waals surface area contributed by atoms with Crippen molar-refractivity contribution in [2.24, 2.45) is 0 Å². The molecule has 0 aliphatic rings. The Balaban J connectivity index is 1.89. The number of nitrogens with one attached hydrogen (secondary N) is 1. The fraction of sp³-hybridized carbons (Fsp3) is 0.297. The number of amides is 2. The average Bonchev–Trinajstić information content (AvgIpc) is 3.11. The van der Waals surface area contributed by atoms with Crippen molar-refractivity contribution in [2.45, 2.75) is 50.2 Å². The Bertz CT molecular complexity index is 1890. The molecule has 2 amide bonds. The number of carbonyl (C=O) groups is 2. The highest BCUT2D eigenvalue weighted by molar-refractivity contribution is 7.92. The molecule has 0 fully saturated rings. The zero-order valence-corrected chi connectivity index (χ0v) is 30.9. The van der Waals surface area contributed by atoms with Crippen LogP contribution < -0.4 is 23.8 Å². The maximum absolute atomic E-state index is 14.8. The van der Waals surface area contributed by atoms with Crippen LogP contribution in [0.5, 0.6) is 17.2 Å². The number of anilines is 1. The molecule has 0 spiro atoms. The first-order valence-electron chi connectivity index (χ1n) is 15.9. The normalized spacial score (nSPS) is 12.4. The topological polar surface area (TPSA) is 114 Å². The lowest BCUT2D eigenvalue weighted by Crippen LogP contribution is -2.54. The summed E-state index contributed by atoms with van der Waals surface area (Å²) in [5.74, 6) is -0.393.